The molecule has 2 aromatic carbocycles. The minimum absolute atomic E-state index is 0.00128. The Labute approximate surface area is 156 Å². The van der Waals surface area contributed by atoms with Gasteiger partial charge in [-0.05, 0) is 62.2 Å². The van der Waals surface area contributed by atoms with E-state index < -0.39 is 0 Å². The molecule has 3 rings (SSSR count). The van der Waals surface area contributed by atoms with Gasteiger partial charge in [-0.1, -0.05) is 36.8 Å². The maximum atomic E-state index is 12.6. The minimum Gasteiger partial charge on any atom is -0.497 e. The van der Waals surface area contributed by atoms with Gasteiger partial charge in [0.05, 0.1) is 13.2 Å². The predicted octanol–water partition coefficient (Wildman–Crippen LogP) is 3.96. The van der Waals surface area contributed by atoms with Gasteiger partial charge in [-0.25, -0.2) is 0 Å². The molecule has 2 aromatic rings. The second-order valence-electron chi connectivity index (χ2n) is 6.91. The molecule has 0 spiro atoms. The van der Waals surface area contributed by atoms with Crippen molar-refractivity contribution in [2.45, 2.75) is 32.2 Å². The summed E-state index contributed by atoms with van der Waals surface area (Å²) >= 11 is 0. The molecule has 1 fully saturated rings. The first-order valence-corrected chi connectivity index (χ1v) is 9.41. The maximum Gasteiger partial charge on any atom is 0.251 e. The van der Waals surface area contributed by atoms with Gasteiger partial charge in [-0.15, -0.1) is 0 Å². The summed E-state index contributed by atoms with van der Waals surface area (Å²) in [6.45, 7) is 4.74. The van der Waals surface area contributed by atoms with E-state index in [4.69, 9.17) is 4.74 Å². The quantitative estimate of drug-likeness (QED) is 0.855. The van der Waals surface area contributed by atoms with Crippen LogP contribution in [0.2, 0.25) is 0 Å². The molecule has 0 aromatic heterocycles. The summed E-state index contributed by atoms with van der Waals surface area (Å²) in [5, 5.41) is 3.15. The van der Waals surface area contributed by atoms with Gasteiger partial charge in [0.15, 0.2) is 0 Å². The van der Waals surface area contributed by atoms with Gasteiger partial charge in [-0.2, -0.15) is 0 Å². The van der Waals surface area contributed by atoms with Crippen LogP contribution in [-0.2, 0) is 0 Å². The highest BCUT2D eigenvalue weighted by Gasteiger charge is 2.23. The Morgan fingerprint density at radius 3 is 2.42 bits per heavy atom. The number of ether oxygens (including phenoxy) is 1. The lowest BCUT2D eigenvalue weighted by Gasteiger charge is -2.35. The smallest absolute Gasteiger partial charge is 0.251 e. The summed E-state index contributed by atoms with van der Waals surface area (Å²) < 4.78 is 5.28. The van der Waals surface area contributed by atoms with Gasteiger partial charge < -0.3 is 10.1 Å². The summed E-state index contributed by atoms with van der Waals surface area (Å²) in [6, 6.07) is 16.1. The van der Waals surface area contributed by atoms with Crippen molar-refractivity contribution in [2.24, 2.45) is 0 Å². The van der Waals surface area contributed by atoms with Gasteiger partial charge in [0.25, 0.3) is 5.91 Å². The number of hydrogen-bond donors (Lipinski definition) is 1. The summed E-state index contributed by atoms with van der Waals surface area (Å²) in [5.74, 6) is 0.855. The largest absolute Gasteiger partial charge is 0.497 e. The summed E-state index contributed by atoms with van der Waals surface area (Å²) in [6.07, 6.45) is 3.73. The Morgan fingerprint density at radius 1 is 1.08 bits per heavy atom. The molecule has 26 heavy (non-hydrogen) atoms. The number of aryl methyl sites for hydroxylation is 1. The zero-order chi connectivity index (χ0) is 18.4. The number of methoxy groups -OCH3 is 1. The molecule has 0 radical (unpaired) electrons. The Hall–Kier alpha value is -2.33. The van der Waals surface area contributed by atoms with Crippen LogP contribution in [0.5, 0.6) is 5.75 Å². The van der Waals surface area contributed by atoms with Crippen molar-refractivity contribution >= 4 is 5.91 Å². The third-order valence-corrected chi connectivity index (χ3v) is 5.18. The van der Waals surface area contributed by atoms with Crippen molar-refractivity contribution < 1.29 is 9.53 Å². The Bertz CT molecular complexity index is 721. The van der Waals surface area contributed by atoms with Crippen molar-refractivity contribution in [3.8, 4) is 5.75 Å². The Morgan fingerprint density at radius 2 is 1.77 bits per heavy atom. The molecule has 1 aliphatic rings. The number of piperidine rings is 1. The highest BCUT2D eigenvalue weighted by molar-refractivity contribution is 5.95. The Kier molecular flexibility index (Phi) is 6.29. The highest BCUT2D eigenvalue weighted by atomic mass is 16.5. The molecule has 1 aliphatic heterocycles. The number of nitrogens with zero attached hydrogens (tertiary/aromatic N) is 1. The highest BCUT2D eigenvalue weighted by Crippen LogP contribution is 2.26. The van der Waals surface area contributed by atoms with Crippen LogP contribution in [-0.4, -0.2) is 37.6 Å². The molecule has 1 heterocycles. The summed E-state index contributed by atoms with van der Waals surface area (Å²) in [5.41, 5.74) is 2.97. The first-order chi connectivity index (χ1) is 12.7. The number of likely N-dealkylation sites (tertiary alicyclic amines) is 1. The van der Waals surface area contributed by atoms with E-state index in [9.17, 15) is 4.79 Å². The van der Waals surface area contributed by atoms with Crippen molar-refractivity contribution in [1.82, 2.24) is 10.2 Å². The van der Waals surface area contributed by atoms with Crippen LogP contribution in [0.1, 0.15) is 46.8 Å². The van der Waals surface area contributed by atoms with E-state index in [1.807, 2.05) is 43.3 Å². The molecular weight excluding hydrogens is 324 g/mol. The minimum atomic E-state index is -0.00128. The Balaban J connectivity index is 1.74. The maximum absolute atomic E-state index is 12.6. The molecule has 1 atom stereocenters. The van der Waals surface area contributed by atoms with E-state index in [1.54, 1.807) is 7.11 Å². The first kappa shape index (κ1) is 18.5. The second-order valence-corrected chi connectivity index (χ2v) is 6.91. The number of hydrogen-bond acceptors (Lipinski definition) is 3. The van der Waals surface area contributed by atoms with Crippen LogP contribution in [0.25, 0.3) is 0 Å². The molecule has 1 saturated heterocycles. The van der Waals surface area contributed by atoms with Gasteiger partial charge >= 0.3 is 0 Å². The molecule has 138 valence electrons. The number of nitrogens with one attached hydrogen (secondary N) is 1. The zero-order valence-electron chi connectivity index (χ0n) is 15.7. The number of amides is 1. The summed E-state index contributed by atoms with van der Waals surface area (Å²) in [7, 11) is 1.68. The molecule has 1 unspecified atom stereocenters. The van der Waals surface area contributed by atoms with Crippen LogP contribution in [0.3, 0.4) is 0 Å². The molecular formula is C22H28N2O2. The van der Waals surface area contributed by atoms with Crippen molar-refractivity contribution in [3.63, 3.8) is 0 Å². The average Bonchev–Trinajstić information content (AvgIpc) is 2.69. The zero-order valence-corrected chi connectivity index (χ0v) is 15.7. The van der Waals surface area contributed by atoms with Gasteiger partial charge in [-0.3, -0.25) is 9.69 Å². The standard InChI is InChI=1S/C22H28N2O2/c1-17-8-4-5-9-20(17)22(25)23-16-21(24-14-6-3-7-15-24)18-10-12-19(26-2)13-11-18/h4-5,8-13,21H,3,6-7,14-16H2,1-2H3,(H,23,25). The lowest BCUT2D eigenvalue weighted by molar-refractivity contribution is 0.0924. The molecule has 0 bridgehead atoms. The van der Waals surface area contributed by atoms with Crippen LogP contribution >= 0.6 is 0 Å². The number of carbonyl (C=O) groups is 1. The van der Waals surface area contributed by atoms with Crippen molar-refractivity contribution in [1.29, 1.82) is 0 Å². The van der Waals surface area contributed by atoms with Crippen LogP contribution in [0, 0.1) is 6.92 Å². The fourth-order valence-corrected chi connectivity index (χ4v) is 3.63. The van der Waals surface area contributed by atoms with Gasteiger partial charge in [0.1, 0.15) is 5.75 Å². The molecule has 1 amide bonds. The number of carbonyl (C=O) groups excluding carboxylic acids is 1. The molecule has 4 nitrogen and oxygen atoms in total. The monoisotopic (exact) mass is 352 g/mol. The summed E-state index contributed by atoms with van der Waals surface area (Å²) in [4.78, 5) is 15.1. The molecule has 1 N–H and O–H groups in total. The van der Waals surface area contributed by atoms with E-state index in [1.165, 1.54) is 24.8 Å². The van der Waals surface area contributed by atoms with Gasteiger partial charge in [0, 0.05) is 12.1 Å². The first-order valence-electron chi connectivity index (χ1n) is 9.41. The van der Waals surface area contributed by atoms with Crippen LogP contribution < -0.4 is 10.1 Å². The predicted molar refractivity (Wildman–Crippen MR) is 105 cm³/mol. The third kappa shape index (κ3) is 4.44. The van der Waals surface area contributed by atoms with E-state index in [0.29, 0.717) is 6.54 Å². The van der Waals surface area contributed by atoms with E-state index in [-0.39, 0.29) is 11.9 Å². The van der Waals surface area contributed by atoms with Crippen LogP contribution in [0.4, 0.5) is 0 Å². The number of rotatable bonds is 6. The van der Waals surface area contributed by atoms with Crippen LogP contribution in [0.15, 0.2) is 48.5 Å². The fourth-order valence-electron chi connectivity index (χ4n) is 3.63. The molecule has 0 aliphatic carbocycles. The number of benzene rings is 2. The second kappa shape index (κ2) is 8.86. The van der Waals surface area contributed by atoms with Crippen molar-refractivity contribution in [2.75, 3.05) is 26.7 Å². The normalized spacial score (nSPS) is 16.1. The fraction of sp³-hybridized carbons (Fsp3) is 0.409. The SMILES string of the molecule is COc1ccc(C(CNC(=O)c2ccccc2C)N2CCCCC2)cc1. The van der Waals surface area contributed by atoms with Crippen molar-refractivity contribution in [3.05, 3.63) is 65.2 Å². The average molecular weight is 352 g/mol. The lowest BCUT2D eigenvalue weighted by Crippen LogP contribution is -2.40. The van der Waals surface area contributed by atoms with E-state index >= 15 is 0 Å². The molecule has 0 saturated carbocycles. The third-order valence-electron chi connectivity index (χ3n) is 5.18. The molecule has 4 heteroatoms. The van der Waals surface area contributed by atoms with E-state index in [0.717, 1.165) is 30.0 Å². The van der Waals surface area contributed by atoms with Gasteiger partial charge in [0.2, 0.25) is 0 Å². The lowest BCUT2D eigenvalue weighted by atomic mass is 10.0. The van der Waals surface area contributed by atoms with E-state index in [2.05, 4.69) is 22.3 Å². The topological polar surface area (TPSA) is 41.6 Å².